The lowest BCUT2D eigenvalue weighted by Crippen LogP contribution is -2.11. The van der Waals surface area contributed by atoms with Gasteiger partial charge in [-0.2, -0.15) is 0 Å². The number of carbonyl (C=O) groups is 1. The molecule has 0 aromatic heterocycles. The van der Waals surface area contributed by atoms with Crippen LogP contribution in [-0.2, 0) is 0 Å². The van der Waals surface area contributed by atoms with Crippen LogP contribution in [0.3, 0.4) is 0 Å². The second-order valence-electron chi connectivity index (χ2n) is 4.30. The Morgan fingerprint density at radius 1 is 1.12 bits per heavy atom. The van der Waals surface area contributed by atoms with Gasteiger partial charge in [0.15, 0.2) is 5.78 Å². The van der Waals surface area contributed by atoms with Crippen LogP contribution in [0.1, 0.15) is 35.7 Å². The molecule has 0 saturated heterocycles. The topological polar surface area (TPSA) is 17.1 Å². The van der Waals surface area contributed by atoms with Crippen LogP contribution in [-0.4, -0.2) is 5.78 Å². The van der Waals surface area contributed by atoms with Crippen molar-refractivity contribution >= 4 is 5.78 Å². The highest BCUT2D eigenvalue weighted by molar-refractivity contribution is 5.95. The number of hydrogen-bond donors (Lipinski definition) is 0. The summed E-state index contributed by atoms with van der Waals surface area (Å²) in [6, 6.07) is 7.89. The lowest BCUT2D eigenvalue weighted by Gasteiger charge is -2.22. The monoisotopic (exact) mass is 212 g/mol. The van der Waals surface area contributed by atoms with Crippen LogP contribution in [0.4, 0.5) is 0 Å². The minimum Gasteiger partial charge on any atom is -0.295 e. The number of ketones is 1. The summed E-state index contributed by atoms with van der Waals surface area (Å²) < 4.78 is 0. The zero-order valence-electron chi connectivity index (χ0n) is 9.68. The molecule has 0 fully saturated rings. The second kappa shape index (κ2) is 4.48. The van der Waals surface area contributed by atoms with E-state index in [1.165, 1.54) is 0 Å². The lowest BCUT2D eigenvalue weighted by atomic mass is 9.81. The van der Waals surface area contributed by atoms with E-state index in [2.05, 4.69) is 37.3 Å². The molecule has 2 atom stereocenters. The van der Waals surface area contributed by atoms with Gasteiger partial charge in [0.2, 0.25) is 0 Å². The van der Waals surface area contributed by atoms with E-state index < -0.39 is 0 Å². The molecule has 0 aliphatic heterocycles. The molecule has 82 valence electrons. The third-order valence-corrected chi connectivity index (χ3v) is 3.11. The van der Waals surface area contributed by atoms with Crippen LogP contribution in [0.5, 0.6) is 0 Å². The first-order valence-corrected chi connectivity index (χ1v) is 5.65. The van der Waals surface area contributed by atoms with Crippen molar-refractivity contribution in [2.45, 2.75) is 19.8 Å². The quantitative estimate of drug-likeness (QED) is 0.682. The van der Waals surface area contributed by atoms with Gasteiger partial charge in [-0.05, 0) is 18.4 Å². The Balaban J connectivity index is 2.44. The molecule has 1 aliphatic rings. The van der Waals surface area contributed by atoms with Gasteiger partial charge in [0.1, 0.15) is 0 Å². The minimum absolute atomic E-state index is 0.144. The van der Waals surface area contributed by atoms with E-state index in [0.29, 0.717) is 11.8 Å². The van der Waals surface area contributed by atoms with Crippen molar-refractivity contribution in [1.29, 1.82) is 0 Å². The van der Waals surface area contributed by atoms with Gasteiger partial charge >= 0.3 is 0 Å². The van der Waals surface area contributed by atoms with E-state index >= 15 is 0 Å². The van der Waals surface area contributed by atoms with Crippen molar-refractivity contribution in [1.82, 2.24) is 0 Å². The molecule has 2 unspecified atom stereocenters. The van der Waals surface area contributed by atoms with E-state index in [0.717, 1.165) is 11.1 Å². The maximum atomic E-state index is 11.6. The van der Waals surface area contributed by atoms with Gasteiger partial charge < -0.3 is 0 Å². The Hall–Kier alpha value is -1.63. The summed E-state index contributed by atoms with van der Waals surface area (Å²) in [4.78, 5) is 11.6. The van der Waals surface area contributed by atoms with Gasteiger partial charge in [-0.3, -0.25) is 4.79 Å². The number of benzene rings is 1. The van der Waals surface area contributed by atoms with E-state index in [9.17, 15) is 4.79 Å². The normalized spacial score (nSPS) is 23.4. The fraction of sp³-hybridized carbons (Fsp3) is 0.267. The number of allylic oxidation sites excluding steroid dienone is 4. The van der Waals surface area contributed by atoms with Gasteiger partial charge in [0, 0.05) is 11.5 Å². The average molecular weight is 212 g/mol. The van der Waals surface area contributed by atoms with Gasteiger partial charge in [0.25, 0.3) is 0 Å². The number of hydrogen-bond acceptors (Lipinski definition) is 1. The highest BCUT2D eigenvalue weighted by Crippen LogP contribution is 2.31. The number of Topliss-reactive ketones (excluding diaryl/α,β-unsaturated/α-hetero) is 1. The zero-order chi connectivity index (χ0) is 11.5. The summed E-state index contributed by atoms with van der Waals surface area (Å²) in [7, 11) is 0. The molecular weight excluding hydrogens is 196 g/mol. The summed E-state index contributed by atoms with van der Waals surface area (Å²) in [6.45, 7) is 3.81. The minimum atomic E-state index is 0.144. The predicted molar refractivity (Wildman–Crippen MR) is 66.6 cm³/mol. The fourth-order valence-electron chi connectivity index (χ4n) is 2.21. The average Bonchev–Trinajstić information content (AvgIpc) is 2.29. The van der Waals surface area contributed by atoms with Crippen LogP contribution in [0.25, 0.3) is 0 Å². The second-order valence-corrected chi connectivity index (χ2v) is 4.30. The molecule has 0 N–H and O–H groups in total. The number of carbonyl (C=O) groups excluding carboxylic acids is 1. The van der Waals surface area contributed by atoms with E-state index in [-0.39, 0.29) is 5.78 Å². The molecule has 0 bridgehead atoms. The van der Waals surface area contributed by atoms with Crippen molar-refractivity contribution in [3.63, 3.8) is 0 Å². The molecule has 1 aliphatic carbocycles. The molecular formula is C15H16O. The van der Waals surface area contributed by atoms with E-state index in [1.807, 2.05) is 18.2 Å². The van der Waals surface area contributed by atoms with Crippen molar-refractivity contribution in [3.8, 4) is 0 Å². The Bertz CT molecular complexity index is 454. The summed E-state index contributed by atoms with van der Waals surface area (Å²) in [6.07, 6.45) is 8.48. The molecule has 0 saturated carbocycles. The Kier molecular flexibility index (Phi) is 3.04. The van der Waals surface area contributed by atoms with Crippen LogP contribution < -0.4 is 0 Å². The molecule has 1 aromatic rings. The molecule has 0 radical (unpaired) electrons. The third kappa shape index (κ3) is 1.99. The van der Waals surface area contributed by atoms with Crippen LogP contribution in [0, 0.1) is 5.92 Å². The predicted octanol–water partition coefficient (Wildman–Crippen LogP) is 3.73. The molecule has 1 aromatic carbocycles. The summed E-state index contributed by atoms with van der Waals surface area (Å²) >= 11 is 0. The Morgan fingerprint density at radius 3 is 2.50 bits per heavy atom. The highest BCUT2D eigenvalue weighted by Gasteiger charge is 2.20. The maximum absolute atomic E-state index is 11.6. The van der Waals surface area contributed by atoms with Crippen molar-refractivity contribution in [2.24, 2.45) is 5.92 Å². The van der Waals surface area contributed by atoms with Crippen molar-refractivity contribution in [2.75, 3.05) is 0 Å². The Labute approximate surface area is 96.5 Å². The maximum Gasteiger partial charge on any atom is 0.160 e. The first-order chi connectivity index (χ1) is 7.70. The molecule has 0 amide bonds. The molecule has 2 rings (SSSR count). The summed E-state index contributed by atoms with van der Waals surface area (Å²) in [5, 5.41) is 0. The summed E-state index contributed by atoms with van der Waals surface area (Å²) in [5.74, 6) is 0.918. The standard InChI is InChI=1S/C15H16O/c1-11-7-3-4-8-13(11)15-10-6-5-9-14(15)12(2)16/h3-11,13H,1-2H3. The van der Waals surface area contributed by atoms with Gasteiger partial charge in [-0.1, -0.05) is 55.5 Å². The molecule has 1 nitrogen and oxygen atoms in total. The van der Waals surface area contributed by atoms with Crippen molar-refractivity contribution < 1.29 is 4.79 Å². The van der Waals surface area contributed by atoms with Crippen molar-refractivity contribution in [3.05, 3.63) is 59.7 Å². The molecule has 16 heavy (non-hydrogen) atoms. The fourth-order valence-corrected chi connectivity index (χ4v) is 2.21. The number of rotatable bonds is 2. The van der Waals surface area contributed by atoms with E-state index in [1.54, 1.807) is 6.92 Å². The highest BCUT2D eigenvalue weighted by atomic mass is 16.1. The Morgan fingerprint density at radius 2 is 1.81 bits per heavy atom. The van der Waals surface area contributed by atoms with Crippen LogP contribution >= 0.6 is 0 Å². The van der Waals surface area contributed by atoms with Crippen LogP contribution in [0.2, 0.25) is 0 Å². The summed E-state index contributed by atoms with van der Waals surface area (Å²) in [5.41, 5.74) is 1.99. The van der Waals surface area contributed by atoms with Gasteiger partial charge in [-0.25, -0.2) is 0 Å². The van der Waals surface area contributed by atoms with E-state index in [4.69, 9.17) is 0 Å². The van der Waals surface area contributed by atoms with Crippen LogP contribution in [0.15, 0.2) is 48.6 Å². The van der Waals surface area contributed by atoms with Gasteiger partial charge in [-0.15, -0.1) is 0 Å². The molecule has 1 heteroatoms. The smallest absolute Gasteiger partial charge is 0.160 e. The third-order valence-electron chi connectivity index (χ3n) is 3.11. The van der Waals surface area contributed by atoms with Gasteiger partial charge in [0.05, 0.1) is 0 Å². The first kappa shape index (κ1) is 10.9. The lowest BCUT2D eigenvalue weighted by molar-refractivity contribution is 0.101. The molecule has 0 spiro atoms. The molecule has 0 heterocycles. The first-order valence-electron chi connectivity index (χ1n) is 5.65. The largest absolute Gasteiger partial charge is 0.295 e. The zero-order valence-corrected chi connectivity index (χ0v) is 9.68. The SMILES string of the molecule is CC(=O)c1ccccc1C1C=CC=CC1C.